The van der Waals surface area contributed by atoms with Gasteiger partial charge in [0.15, 0.2) is 0 Å². The lowest BCUT2D eigenvalue weighted by molar-refractivity contribution is -0.142. The second-order valence-corrected chi connectivity index (χ2v) is 6.54. The monoisotopic (exact) mass is 394 g/mol. The zero-order valence-corrected chi connectivity index (χ0v) is 16.8. The maximum Gasteiger partial charge on any atom is 0.319 e. The van der Waals surface area contributed by atoms with E-state index in [4.69, 9.17) is 13.9 Å². The Morgan fingerprint density at radius 3 is 2.59 bits per heavy atom. The van der Waals surface area contributed by atoms with Crippen molar-refractivity contribution in [2.24, 2.45) is 0 Å². The van der Waals surface area contributed by atoms with Crippen molar-refractivity contribution in [1.82, 2.24) is 10.3 Å². The molecule has 2 aromatic carbocycles. The number of oxazole rings is 1. The lowest BCUT2D eigenvalue weighted by atomic mass is 10.2. The van der Waals surface area contributed by atoms with Crippen molar-refractivity contribution in [2.75, 3.05) is 19.8 Å². The number of ether oxygens (including phenoxy) is 2. The first-order valence-corrected chi connectivity index (χ1v) is 9.75. The van der Waals surface area contributed by atoms with Crippen molar-refractivity contribution in [3.8, 4) is 17.2 Å². The van der Waals surface area contributed by atoms with Crippen LogP contribution in [0.2, 0.25) is 0 Å². The molecule has 0 radical (unpaired) electrons. The van der Waals surface area contributed by atoms with Crippen LogP contribution in [-0.2, 0) is 22.5 Å². The number of nitrogens with zero attached hydrogens (tertiary/aromatic N) is 1. The van der Waals surface area contributed by atoms with Crippen molar-refractivity contribution in [3.63, 3.8) is 0 Å². The van der Waals surface area contributed by atoms with Crippen molar-refractivity contribution in [2.45, 2.75) is 26.8 Å². The molecule has 0 spiro atoms. The second-order valence-electron chi connectivity index (χ2n) is 6.54. The summed E-state index contributed by atoms with van der Waals surface area (Å²) in [5, 5.41) is 3.06. The van der Waals surface area contributed by atoms with Crippen LogP contribution in [0.1, 0.15) is 23.9 Å². The van der Waals surface area contributed by atoms with E-state index < -0.39 is 0 Å². The minimum absolute atomic E-state index is 0.202. The van der Waals surface area contributed by atoms with E-state index in [0.29, 0.717) is 32.1 Å². The van der Waals surface area contributed by atoms with Gasteiger partial charge in [0.1, 0.15) is 11.5 Å². The van der Waals surface area contributed by atoms with Gasteiger partial charge >= 0.3 is 5.97 Å². The Hall–Kier alpha value is -3.12. The third kappa shape index (κ3) is 6.19. The average molecular weight is 394 g/mol. The van der Waals surface area contributed by atoms with E-state index in [2.05, 4.69) is 10.3 Å². The molecule has 0 saturated carbocycles. The molecule has 1 N–H and O–H groups in total. The summed E-state index contributed by atoms with van der Waals surface area (Å²) < 4.78 is 16.5. The van der Waals surface area contributed by atoms with Crippen molar-refractivity contribution >= 4 is 5.97 Å². The summed E-state index contributed by atoms with van der Waals surface area (Å²) in [7, 11) is 0. The maximum absolute atomic E-state index is 11.3. The SMILES string of the molecule is CCOC(=O)CNCc1ccc(OCCc2nc(-c3ccccc3)oc2C)cc1. The molecular weight excluding hydrogens is 368 g/mol. The Morgan fingerprint density at radius 2 is 1.86 bits per heavy atom. The van der Waals surface area contributed by atoms with Gasteiger partial charge in [-0.1, -0.05) is 30.3 Å². The molecule has 0 aliphatic heterocycles. The van der Waals surface area contributed by atoms with E-state index in [0.717, 1.165) is 28.3 Å². The van der Waals surface area contributed by atoms with Gasteiger partial charge in [0.05, 0.1) is 25.5 Å². The van der Waals surface area contributed by atoms with Crippen LogP contribution in [0.15, 0.2) is 59.0 Å². The molecule has 1 heterocycles. The Balaban J connectivity index is 1.45. The highest BCUT2D eigenvalue weighted by molar-refractivity contribution is 5.71. The number of rotatable bonds is 10. The minimum atomic E-state index is -0.244. The number of aromatic nitrogens is 1. The molecule has 6 nitrogen and oxygen atoms in total. The molecule has 29 heavy (non-hydrogen) atoms. The number of nitrogens with one attached hydrogen (secondary N) is 1. The third-order valence-electron chi connectivity index (χ3n) is 4.35. The van der Waals surface area contributed by atoms with Crippen LogP contribution in [0.25, 0.3) is 11.5 Å². The van der Waals surface area contributed by atoms with Crippen LogP contribution in [0, 0.1) is 6.92 Å². The summed E-state index contributed by atoms with van der Waals surface area (Å²) >= 11 is 0. The summed E-state index contributed by atoms with van der Waals surface area (Å²) in [4.78, 5) is 15.9. The first-order valence-electron chi connectivity index (χ1n) is 9.75. The maximum atomic E-state index is 11.3. The largest absolute Gasteiger partial charge is 0.493 e. The van der Waals surface area contributed by atoms with Crippen LogP contribution in [0.3, 0.4) is 0 Å². The summed E-state index contributed by atoms with van der Waals surface area (Å²) in [6, 6.07) is 17.7. The predicted molar refractivity (Wildman–Crippen MR) is 111 cm³/mol. The standard InChI is InChI=1S/C23H26N2O4/c1-3-27-22(26)16-24-15-18-9-11-20(12-10-18)28-14-13-21-17(2)29-23(25-21)19-7-5-4-6-8-19/h4-12,24H,3,13-16H2,1-2H3. The van der Waals surface area contributed by atoms with Crippen LogP contribution in [-0.4, -0.2) is 30.7 Å². The van der Waals surface area contributed by atoms with Gasteiger partial charge < -0.3 is 19.2 Å². The topological polar surface area (TPSA) is 73.6 Å². The van der Waals surface area contributed by atoms with Crippen LogP contribution >= 0.6 is 0 Å². The smallest absolute Gasteiger partial charge is 0.319 e. The Labute approximate surface area is 170 Å². The van der Waals surface area contributed by atoms with E-state index in [-0.39, 0.29) is 12.5 Å². The molecule has 3 rings (SSSR count). The van der Waals surface area contributed by atoms with E-state index in [9.17, 15) is 4.79 Å². The molecule has 0 aliphatic carbocycles. The van der Waals surface area contributed by atoms with E-state index >= 15 is 0 Å². The predicted octanol–water partition coefficient (Wildman–Crippen LogP) is 3.92. The van der Waals surface area contributed by atoms with Crippen LogP contribution < -0.4 is 10.1 Å². The lowest BCUT2D eigenvalue weighted by Gasteiger charge is -2.08. The highest BCUT2D eigenvalue weighted by atomic mass is 16.5. The molecule has 0 saturated heterocycles. The Morgan fingerprint density at radius 1 is 1.10 bits per heavy atom. The zero-order valence-electron chi connectivity index (χ0n) is 16.8. The Kier molecular flexibility index (Phi) is 7.41. The summed E-state index contributed by atoms with van der Waals surface area (Å²) in [6.07, 6.45) is 0.672. The van der Waals surface area contributed by atoms with Gasteiger partial charge in [0, 0.05) is 18.5 Å². The zero-order chi connectivity index (χ0) is 20.5. The highest BCUT2D eigenvalue weighted by Crippen LogP contribution is 2.22. The fraction of sp³-hybridized carbons (Fsp3) is 0.304. The molecule has 0 aliphatic rings. The normalized spacial score (nSPS) is 10.7. The van der Waals surface area contributed by atoms with E-state index in [1.165, 1.54) is 0 Å². The molecule has 0 atom stereocenters. The number of aryl methyl sites for hydroxylation is 1. The van der Waals surface area contributed by atoms with Gasteiger partial charge in [-0.15, -0.1) is 0 Å². The second kappa shape index (κ2) is 10.4. The molecule has 6 heteroatoms. The number of hydrogen-bond donors (Lipinski definition) is 1. The molecule has 0 bridgehead atoms. The number of hydrogen-bond acceptors (Lipinski definition) is 6. The Bertz CT molecular complexity index is 904. The molecule has 0 amide bonds. The molecule has 0 fully saturated rings. The van der Waals surface area contributed by atoms with Crippen LogP contribution in [0.4, 0.5) is 0 Å². The van der Waals surface area contributed by atoms with Gasteiger partial charge in [0.25, 0.3) is 0 Å². The summed E-state index contributed by atoms with van der Waals surface area (Å²) in [6.45, 7) is 5.43. The molecule has 1 aromatic heterocycles. The first-order chi connectivity index (χ1) is 14.2. The third-order valence-corrected chi connectivity index (χ3v) is 4.35. The van der Waals surface area contributed by atoms with E-state index in [1.807, 2.05) is 61.5 Å². The van der Waals surface area contributed by atoms with Gasteiger partial charge in [-0.25, -0.2) is 4.98 Å². The van der Waals surface area contributed by atoms with E-state index in [1.54, 1.807) is 6.92 Å². The molecule has 3 aromatic rings. The minimum Gasteiger partial charge on any atom is -0.493 e. The number of benzene rings is 2. The van der Waals surface area contributed by atoms with Crippen molar-refractivity contribution in [3.05, 3.63) is 71.6 Å². The lowest BCUT2D eigenvalue weighted by Crippen LogP contribution is -2.24. The number of esters is 1. The summed E-state index contributed by atoms with van der Waals surface area (Å²) in [5.74, 6) is 2.00. The molecular formula is C23H26N2O4. The highest BCUT2D eigenvalue weighted by Gasteiger charge is 2.11. The molecule has 152 valence electrons. The van der Waals surface area contributed by atoms with Gasteiger partial charge in [-0.2, -0.15) is 0 Å². The summed E-state index contributed by atoms with van der Waals surface area (Å²) in [5.41, 5.74) is 2.94. The van der Waals surface area contributed by atoms with Gasteiger partial charge in [0.2, 0.25) is 5.89 Å². The fourth-order valence-corrected chi connectivity index (χ4v) is 2.85. The van der Waals surface area contributed by atoms with Gasteiger partial charge in [-0.3, -0.25) is 4.79 Å². The number of carbonyl (C=O) groups is 1. The first kappa shape index (κ1) is 20.6. The quantitative estimate of drug-likeness (QED) is 0.526. The molecule has 0 unspecified atom stereocenters. The number of carbonyl (C=O) groups excluding carboxylic acids is 1. The fourth-order valence-electron chi connectivity index (χ4n) is 2.85. The van der Waals surface area contributed by atoms with Crippen molar-refractivity contribution < 1.29 is 18.7 Å². The average Bonchev–Trinajstić information content (AvgIpc) is 3.11. The van der Waals surface area contributed by atoms with Crippen molar-refractivity contribution in [1.29, 1.82) is 0 Å². The van der Waals surface area contributed by atoms with Crippen LogP contribution in [0.5, 0.6) is 5.75 Å². The van der Waals surface area contributed by atoms with Gasteiger partial charge in [-0.05, 0) is 43.7 Å².